The number of anilines is 1. The fourth-order valence-electron chi connectivity index (χ4n) is 4.43. The maximum Gasteiger partial charge on any atom is 0.274 e. The number of hydrogen-bond acceptors (Lipinski definition) is 7. The molecule has 0 aliphatic carbocycles. The quantitative estimate of drug-likeness (QED) is 0.505. The van der Waals surface area contributed by atoms with Crippen molar-refractivity contribution >= 4 is 23.1 Å². The standard InChI is InChI=1S/C22H20N8O3/c1-28-19(17(10-24-28)22(32)29-11-16-8-15(29)12-33-16)21(31)25-14-4-6-30-18(7-14)26-20(27-30)13-3-2-5-23-9-13/h2-7,9-10,15-16H,8,11-12H2,1H3,(H,25,31)/t15-,16-/m0/s1. The van der Waals surface area contributed by atoms with Crippen LogP contribution in [-0.4, -0.2) is 71.4 Å². The second-order valence-electron chi connectivity index (χ2n) is 8.18. The molecule has 2 fully saturated rings. The van der Waals surface area contributed by atoms with E-state index in [0.29, 0.717) is 30.3 Å². The average molecular weight is 444 g/mol. The number of likely N-dealkylation sites (tertiary alicyclic amines) is 1. The molecule has 2 saturated heterocycles. The molecule has 2 aliphatic heterocycles. The van der Waals surface area contributed by atoms with E-state index in [2.05, 4.69) is 25.5 Å². The molecule has 6 rings (SSSR count). The number of fused-ring (bicyclic) bond motifs is 3. The van der Waals surface area contributed by atoms with Crippen molar-refractivity contribution in [2.45, 2.75) is 18.6 Å². The molecule has 0 unspecified atom stereocenters. The first kappa shape index (κ1) is 19.6. The number of pyridine rings is 2. The van der Waals surface area contributed by atoms with E-state index < -0.39 is 5.91 Å². The number of amides is 2. The molecule has 11 heteroatoms. The van der Waals surface area contributed by atoms with Gasteiger partial charge in [-0.2, -0.15) is 5.10 Å². The Hall–Kier alpha value is -4.12. The van der Waals surface area contributed by atoms with Crippen LogP contribution in [0, 0.1) is 0 Å². The Kier molecular flexibility index (Phi) is 4.44. The van der Waals surface area contributed by atoms with Crippen LogP contribution >= 0.6 is 0 Å². The second kappa shape index (κ2) is 7.48. The van der Waals surface area contributed by atoms with Crippen LogP contribution in [-0.2, 0) is 11.8 Å². The van der Waals surface area contributed by atoms with Gasteiger partial charge in [0.2, 0.25) is 0 Å². The van der Waals surface area contributed by atoms with E-state index in [1.54, 1.807) is 47.2 Å². The number of aromatic nitrogens is 6. The lowest BCUT2D eigenvalue weighted by atomic mass is 10.2. The predicted molar refractivity (Wildman–Crippen MR) is 117 cm³/mol. The van der Waals surface area contributed by atoms with Gasteiger partial charge in [0.25, 0.3) is 11.8 Å². The molecule has 0 spiro atoms. The normalized spacial score (nSPS) is 19.4. The Labute approximate surface area is 188 Å². The highest BCUT2D eigenvalue weighted by atomic mass is 16.5. The lowest BCUT2D eigenvalue weighted by Gasteiger charge is -2.26. The van der Waals surface area contributed by atoms with E-state index in [1.807, 2.05) is 12.1 Å². The van der Waals surface area contributed by atoms with Crippen LogP contribution in [0.1, 0.15) is 27.3 Å². The fraction of sp³-hybridized carbons (Fsp3) is 0.273. The minimum atomic E-state index is -0.421. The smallest absolute Gasteiger partial charge is 0.274 e. The minimum absolute atomic E-state index is 0.0583. The Morgan fingerprint density at radius 3 is 2.91 bits per heavy atom. The Morgan fingerprint density at radius 2 is 2.15 bits per heavy atom. The number of nitrogens with zero attached hydrogens (tertiary/aromatic N) is 7. The summed E-state index contributed by atoms with van der Waals surface area (Å²) in [6, 6.07) is 7.20. The van der Waals surface area contributed by atoms with Crippen molar-refractivity contribution in [1.82, 2.24) is 34.3 Å². The SMILES string of the molecule is Cn1ncc(C(=O)N2C[C@@H]3C[C@H]2CO3)c1C(=O)Nc1ccn2nc(-c3cccnc3)nc2c1. The summed E-state index contributed by atoms with van der Waals surface area (Å²) in [6.07, 6.45) is 7.47. The van der Waals surface area contributed by atoms with Gasteiger partial charge in [-0.15, -0.1) is 5.10 Å². The molecule has 2 amide bonds. The van der Waals surface area contributed by atoms with Gasteiger partial charge in [-0.3, -0.25) is 19.3 Å². The highest BCUT2D eigenvalue weighted by Gasteiger charge is 2.42. The van der Waals surface area contributed by atoms with Crippen molar-refractivity contribution < 1.29 is 14.3 Å². The van der Waals surface area contributed by atoms with Crippen LogP contribution in [0.2, 0.25) is 0 Å². The third-order valence-corrected chi connectivity index (χ3v) is 6.06. The second-order valence-corrected chi connectivity index (χ2v) is 8.18. The van der Waals surface area contributed by atoms with Crippen LogP contribution in [0.15, 0.2) is 49.1 Å². The summed E-state index contributed by atoms with van der Waals surface area (Å²) in [5.74, 6) is -0.0802. The van der Waals surface area contributed by atoms with E-state index in [4.69, 9.17) is 4.74 Å². The highest BCUT2D eigenvalue weighted by Crippen LogP contribution is 2.30. The third-order valence-electron chi connectivity index (χ3n) is 6.06. The molecule has 166 valence electrons. The van der Waals surface area contributed by atoms with Crippen molar-refractivity contribution in [3.8, 4) is 11.4 Å². The van der Waals surface area contributed by atoms with Gasteiger partial charge in [0.1, 0.15) is 5.69 Å². The zero-order valence-electron chi connectivity index (χ0n) is 17.8. The van der Waals surface area contributed by atoms with E-state index >= 15 is 0 Å². The van der Waals surface area contributed by atoms with Gasteiger partial charge in [0.05, 0.1) is 30.5 Å². The summed E-state index contributed by atoms with van der Waals surface area (Å²) in [4.78, 5) is 36.7. The summed E-state index contributed by atoms with van der Waals surface area (Å²) in [6.45, 7) is 1.08. The van der Waals surface area contributed by atoms with Gasteiger partial charge in [0.15, 0.2) is 11.5 Å². The van der Waals surface area contributed by atoms with Crippen molar-refractivity contribution in [2.75, 3.05) is 18.5 Å². The Morgan fingerprint density at radius 1 is 1.24 bits per heavy atom. The molecule has 11 nitrogen and oxygen atoms in total. The number of rotatable bonds is 4. The van der Waals surface area contributed by atoms with E-state index in [-0.39, 0.29) is 29.3 Å². The molecule has 4 aromatic rings. The number of morpholine rings is 1. The predicted octanol–water partition coefficient (Wildman–Crippen LogP) is 1.39. The Balaban J connectivity index is 1.25. The number of hydrogen-bond donors (Lipinski definition) is 1. The van der Waals surface area contributed by atoms with Gasteiger partial charge in [-0.05, 0) is 24.6 Å². The highest BCUT2D eigenvalue weighted by molar-refractivity contribution is 6.11. The molecule has 2 bridgehead atoms. The Bertz CT molecular complexity index is 1380. The molecule has 0 aromatic carbocycles. The van der Waals surface area contributed by atoms with E-state index in [1.165, 1.54) is 10.9 Å². The topological polar surface area (TPSA) is 120 Å². The molecule has 6 heterocycles. The molecule has 4 aromatic heterocycles. The summed E-state index contributed by atoms with van der Waals surface area (Å²) < 4.78 is 8.63. The molecular formula is C22H20N8O3. The largest absolute Gasteiger partial charge is 0.374 e. The first-order chi connectivity index (χ1) is 16.1. The van der Waals surface area contributed by atoms with Crippen molar-refractivity contribution in [3.63, 3.8) is 0 Å². The minimum Gasteiger partial charge on any atom is -0.374 e. The van der Waals surface area contributed by atoms with Gasteiger partial charge in [0, 0.05) is 49.5 Å². The molecular weight excluding hydrogens is 424 g/mol. The van der Waals surface area contributed by atoms with Crippen LogP contribution in [0.5, 0.6) is 0 Å². The van der Waals surface area contributed by atoms with Gasteiger partial charge >= 0.3 is 0 Å². The first-order valence-corrected chi connectivity index (χ1v) is 10.6. The summed E-state index contributed by atoms with van der Waals surface area (Å²) in [7, 11) is 1.65. The van der Waals surface area contributed by atoms with E-state index in [0.717, 1.165) is 12.0 Å². The number of carbonyl (C=O) groups is 2. The first-order valence-electron chi connectivity index (χ1n) is 10.6. The third kappa shape index (κ3) is 3.33. The zero-order valence-corrected chi connectivity index (χ0v) is 17.8. The maximum absolute atomic E-state index is 13.2. The summed E-state index contributed by atoms with van der Waals surface area (Å²) >= 11 is 0. The molecule has 2 atom stereocenters. The molecule has 2 aliphatic rings. The maximum atomic E-state index is 13.2. The van der Waals surface area contributed by atoms with Crippen LogP contribution in [0.3, 0.4) is 0 Å². The molecule has 0 radical (unpaired) electrons. The summed E-state index contributed by atoms with van der Waals surface area (Å²) in [5.41, 5.74) is 2.39. The number of aryl methyl sites for hydroxylation is 1. The van der Waals surface area contributed by atoms with Crippen molar-refractivity contribution in [2.24, 2.45) is 7.05 Å². The van der Waals surface area contributed by atoms with Gasteiger partial charge in [-0.1, -0.05) is 0 Å². The van der Waals surface area contributed by atoms with Crippen LogP contribution < -0.4 is 5.32 Å². The lowest BCUT2D eigenvalue weighted by molar-refractivity contribution is 0.0258. The molecule has 33 heavy (non-hydrogen) atoms. The fourth-order valence-corrected chi connectivity index (χ4v) is 4.43. The molecule has 0 saturated carbocycles. The molecule has 1 N–H and O–H groups in total. The van der Waals surface area contributed by atoms with Gasteiger partial charge in [-0.25, -0.2) is 9.50 Å². The lowest BCUT2D eigenvalue weighted by Crippen LogP contribution is -2.42. The van der Waals surface area contributed by atoms with Crippen molar-refractivity contribution in [3.05, 3.63) is 60.3 Å². The number of carbonyl (C=O) groups excluding carboxylic acids is 2. The average Bonchev–Trinajstić information content (AvgIpc) is 3.62. The van der Waals surface area contributed by atoms with Crippen LogP contribution in [0.4, 0.5) is 5.69 Å². The van der Waals surface area contributed by atoms with Crippen molar-refractivity contribution in [1.29, 1.82) is 0 Å². The monoisotopic (exact) mass is 444 g/mol. The van der Waals surface area contributed by atoms with E-state index in [9.17, 15) is 9.59 Å². The van der Waals surface area contributed by atoms with Crippen LogP contribution in [0.25, 0.3) is 17.0 Å². The zero-order chi connectivity index (χ0) is 22.5. The van der Waals surface area contributed by atoms with Gasteiger partial charge < -0.3 is 15.0 Å². The number of nitrogens with one attached hydrogen (secondary N) is 1. The summed E-state index contributed by atoms with van der Waals surface area (Å²) in [5, 5.41) is 11.5. The number of ether oxygens (including phenoxy) is 1.